The predicted octanol–water partition coefficient (Wildman–Crippen LogP) is 0.0968. The number of sulfone groups is 1. The number of anilines is 1. The molecule has 19 heavy (non-hydrogen) atoms. The summed E-state index contributed by atoms with van der Waals surface area (Å²) in [4.78, 5) is 13.7. The number of nitrogens with zero attached hydrogens (tertiary/aromatic N) is 1. The van der Waals surface area contributed by atoms with Crippen LogP contribution in [0.25, 0.3) is 0 Å². The van der Waals surface area contributed by atoms with Gasteiger partial charge in [-0.05, 0) is 24.6 Å². The molecule has 0 aromatic heterocycles. The predicted molar refractivity (Wildman–Crippen MR) is 72.9 cm³/mol. The molecule has 2 fully saturated rings. The number of piperazine rings is 1. The maximum Gasteiger partial charge on any atom is 0.239 e. The van der Waals surface area contributed by atoms with Crippen LogP contribution in [0.1, 0.15) is 5.56 Å². The normalized spacial score (nSPS) is 28.9. The van der Waals surface area contributed by atoms with Crippen LogP contribution in [0.2, 0.25) is 0 Å². The highest BCUT2D eigenvalue weighted by Gasteiger charge is 2.45. The van der Waals surface area contributed by atoms with Crippen molar-refractivity contribution in [1.29, 1.82) is 0 Å². The Morgan fingerprint density at radius 1 is 1.32 bits per heavy atom. The fourth-order valence-electron chi connectivity index (χ4n) is 2.89. The number of carbonyl (C=O) groups excluding carboxylic acids is 1. The van der Waals surface area contributed by atoms with Crippen molar-refractivity contribution in [3.8, 4) is 0 Å². The van der Waals surface area contributed by atoms with E-state index >= 15 is 0 Å². The average molecular weight is 280 g/mol. The number of nitrogens with one attached hydrogen (secondary N) is 1. The molecule has 2 aliphatic heterocycles. The summed E-state index contributed by atoms with van der Waals surface area (Å²) in [7, 11) is -3.06. The first kappa shape index (κ1) is 12.5. The average Bonchev–Trinajstić information content (AvgIpc) is 2.62. The Balaban J connectivity index is 1.98. The van der Waals surface area contributed by atoms with E-state index in [4.69, 9.17) is 0 Å². The van der Waals surface area contributed by atoms with E-state index in [-0.39, 0.29) is 36.0 Å². The van der Waals surface area contributed by atoms with Gasteiger partial charge in [-0.1, -0.05) is 12.1 Å². The Kier molecular flexibility index (Phi) is 2.78. The second kappa shape index (κ2) is 4.23. The van der Waals surface area contributed by atoms with Crippen LogP contribution in [0.4, 0.5) is 5.69 Å². The third-order valence-corrected chi connectivity index (χ3v) is 5.43. The molecule has 6 heteroatoms. The number of carbonyl (C=O) groups is 1. The van der Waals surface area contributed by atoms with Crippen molar-refractivity contribution in [2.45, 2.75) is 19.0 Å². The maximum atomic E-state index is 11.8. The first-order chi connectivity index (χ1) is 8.94. The summed E-state index contributed by atoms with van der Waals surface area (Å²) < 4.78 is 23.5. The minimum Gasteiger partial charge on any atom is -0.356 e. The monoisotopic (exact) mass is 280 g/mol. The molecule has 2 saturated heterocycles. The van der Waals surface area contributed by atoms with Gasteiger partial charge in [-0.3, -0.25) is 4.79 Å². The van der Waals surface area contributed by atoms with E-state index in [0.717, 1.165) is 11.3 Å². The molecule has 1 aromatic rings. The van der Waals surface area contributed by atoms with Gasteiger partial charge in [0.15, 0.2) is 9.84 Å². The largest absolute Gasteiger partial charge is 0.356 e. The molecular weight excluding hydrogens is 264 g/mol. The highest BCUT2D eigenvalue weighted by molar-refractivity contribution is 7.91. The fourth-order valence-corrected chi connectivity index (χ4v) is 4.81. The van der Waals surface area contributed by atoms with Crippen LogP contribution in [0.5, 0.6) is 0 Å². The van der Waals surface area contributed by atoms with Gasteiger partial charge in [0.2, 0.25) is 5.91 Å². The van der Waals surface area contributed by atoms with Gasteiger partial charge in [-0.15, -0.1) is 0 Å². The lowest BCUT2D eigenvalue weighted by atomic mass is 10.1. The van der Waals surface area contributed by atoms with Gasteiger partial charge in [0.05, 0.1) is 30.1 Å². The fraction of sp³-hybridized carbons (Fsp3) is 0.462. The lowest BCUT2D eigenvalue weighted by Crippen LogP contribution is -2.60. The second-order valence-corrected chi connectivity index (χ2v) is 7.44. The number of hydrogen-bond donors (Lipinski definition) is 1. The third-order valence-electron chi connectivity index (χ3n) is 3.72. The standard InChI is InChI=1S/C13H16N2O3S/c1-9-3-2-4-10(5-9)15-6-13(16)14-11-7-19(17,18)8-12(11)15/h2-5,11-12H,6-8H2,1H3,(H,14,16)/t11-,12+/m0/s1. The molecule has 0 spiro atoms. The van der Waals surface area contributed by atoms with Crippen LogP contribution in [0.15, 0.2) is 24.3 Å². The highest BCUT2D eigenvalue weighted by atomic mass is 32.2. The summed E-state index contributed by atoms with van der Waals surface area (Å²) in [6, 6.07) is 7.39. The zero-order valence-corrected chi connectivity index (χ0v) is 11.5. The minimum absolute atomic E-state index is 0.0473. The smallest absolute Gasteiger partial charge is 0.239 e. The van der Waals surface area contributed by atoms with Crippen molar-refractivity contribution in [2.24, 2.45) is 0 Å². The molecule has 1 amide bonds. The SMILES string of the molecule is Cc1cccc(N2CC(=O)N[C@H]3CS(=O)(=O)C[C@H]32)c1. The van der Waals surface area contributed by atoms with E-state index in [0.29, 0.717) is 0 Å². The Bertz CT molecular complexity index is 627. The molecule has 1 N–H and O–H groups in total. The van der Waals surface area contributed by atoms with Crippen LogP contribution in [0.3, 0.4) is 0 Å². The molecule has 0 aliphatic carbocycles. The van der Waals surface area contributed by atoms with Crippen LogP contribution >= 0.6 is 0 Å². The number of amides is 1. The highest BCUT2D eigenvalue weighted by Crippen LogP contribution is 2.27. The van der Waals surface area contributed by atoms with Gasteiger partial charge in [-0.25, -0.2) is 8.42 Å². The Hall–Kier alpha value is -1.56. The van der Waals surface area contributed by atoms with Crippen LogP contribution in [0, 0.1) is 6.92 Å². The van der Waals surface area contributed by atoms with E-state index < -0.39 is 9.84 Å². The lowest BCUT2D eigenvalue weighted by molar-refractivity contribution is -0.121. The van der Waals surface area contributed by atoms with Crippen LogP contribution < -0.4 is 10.2 Å². The van der Waals surface area contributed by atoms with E-state index in [9.17, 15) is 13.2 Å². The van der Waals surface area contributed by atoms with Crippen molar-refractivity contribution >= 4 is 21.4 Å². The van der Waals surface area contributed by atoms with Gasteiger partial charge in [0.25, 0.3) is 0 Å². The van der Waals surface area contributed by atoms with Crippen molar-refractivity contribution < 1.29 is 13.2 Å². The van der Waals surface area contributed by atoms with Crippen molar-refractivity contribution in [2.75, 3.05) is 23.0 Å². The summed E-state index contributed by atoms with van der Waals surface area (Å²) in [5.41, 5.74) is 2.02. The molecule has 1 aromatic carbocycles. The van der Waals surface area contributed by atoms with E-state index in [1.807, 2.05) is 36.1 Å². The molecule has 3 rings (SSSR count). The molecular formula is C13H16N2O3S. The molecule has 5 nitrogen and oxygen atoms in total. The number of fused-ring (bicyclic) bond motifs is 1. The minimum atomic E-state index is -3.06. The first-order valence-electron chi connectivity index (χ1n) is 6.28. The second-order valence-electron chi connectivity index (χ2n) is 5.29. The van der Waals surface area contributed by atoms with Crippen LogP contribution in [-0.2, 0) is 14.6 Å². The van der Waals surface area contributed by atoms with Gasteiger partial charge in [0, 0.05) is 5.69 Å². The molecule has 0 saturated carbocycles. The van der Waals surface area contributed by atoms with E-state index in [1.54, 1.807) is 0 Å². The van der Waals surface area contributed by atoms with Gasteiger partial charge >= 0.3 is 0 Å². The zero-order valence-electron chi connectivity index (χ0n) is 10.7. The summed E-state index contributed by atoms with van der Waals surface area (Å²) in [6.07, 6.45) is 0. The quantitative estimate of drug-likeness (QED) is 0.792. The summed E-state index contributed by atoms with van der Waals surface area (Å²) >= 11 is 0. The summed E-state index contributed by atoms with van der Waals surface area (Å²) in [5.74, 6) is 0.0531. The Labute approximate surface area is 112 Å². The molecule has 0 bridgehead atoms. The number of aryl methyl sites for hydroxylation is 1. The van der Waals surface area contributed by atoms with E-state index in [1.165, 1.54) is 0 Å². The summed E-state index contributed by atoms with van der Waals surface area (Å²) in [6.45, 7) is 2.20. The number of benzene rings is 1. The van der Waals surface area contributed by atoms with Gasteiger partial charge in [-0.2, -0.15) is 0 Å². The topological polar surface area (TPSA) is 66.5 Å². The third kappa shape index (κ3) is 2.32. The molecule has 2 heterocycles. The molecule has 102 valence electrons. The maximum absolute atomic E-state index is 11.8. The lowest BCUT2D eigenvalue weighted by Gasteiger charge is -2.38. The van der Waals surface area contributed by atoms with Crippen molar-refractivity contribution in [3.63, 3.8) is 0 Å². The molecule has 0 radical (unpaired) electrons. The summed E-state index contributed by atoms with van der Waals surface area (Å²) in [5, 5.41) is 2.79. The molecule has 2 atom stereocenters. The number of rotatable bonds is 1. The first-order valence-corrected chi connectivity index (χ1v) is 8.10. The Morgan fingerprint density at radius 2 is 2.11 bits per heavy atom. The number of hydrogen-bond acceptors (Lipinski definition) is 4. The van der Waals surface area contributed by atoms with Crippen molar-refractivity contribution in [1.82, 2.24) is 5.32 Å². The van der Waals surface area contributed by atoms with Gasteiger partial charge < -0.3 is 10.2 Å². The van der Waals surface area contributed by atoms with Crippen molar-refractivity contribution in [3.05, 3.63) is 29.8 Å². The molecule has 0 unspecified atom stereocenters. The molecule has 2 aliphatic rings. The Morgan fingerprint density at radius 3 is 2.84 bits per heavy atom. The zero-order chi connectivity index (χ0) is 13.6. The van der Waals surface area contributed by atoms with Gasteiger partial charge in [0.1, 0.15) is 0 Å². The van der Waals surface area contributed by atoms with E-state index in [2.05, 4.69) is 5.32 Å². The van der Waals surface area contributed by atoms with Crippen LogP contribution in [-0.4, -0.2) is 44.5 Å².